The number of nitrogen functional groups attached to an aromatic ring is 1. The molecule has 27 heavy (non-hydrogen) atoms. The summed E-state index contributed by atoms with van der Waals surface area (Å²) in [6.45, 7) is 7.97. The summed E-state index contributed by atoms with van der Waals surface area (Å²) in [7, 11) is 0.374. The zero-order valence-electron chi connectivity index (χ0n) is 16.3. The van der Waals surface area contributed by atoms with Crippen LogP contribution in [0.4, 0.5) is 10.2 Å². The number of hydrogen-bond acceptors (Lipinski definition) is 4. The van der Waals surface area contributed by atoms with E-state index in [0.717, 1.165) is 11.4 Å². The number of nitrogens with two attached hydrogens (primary N) is 1. The van der Waals surface area contributed by atoms with E-state index in [4.69, 9.17) is 15.2 Å². The molecule has 0 spiro atoms. The second kappa shape index (κ2) is 7.70. The average molecular weight is 388 g/mol. The minimum atomic E-state index is -1.16. The van der Waals surface area contributed by atoms with E-state index in [0.29, 0.717) is 41.7 Å². The fraction of sp³-hybridized carbons (Fsp3) is 0.350. The van der Waals surface area contributed by atoms with Gasteiger partial charge in [-0.1, -0.05) is 25.7 Å². The molecule has 0 atom stereocenters. The van der Waals surface area contributed by atoms with Crippen molar-refractivity contribution in [3.8, 4) is 16.9 Å². The maximum absolute atomic E-state index is 14.6. The lowest BCUT2D eigenvalue weighted by molar-refractivity contribution is 0.0899. The lowest BCUT2D eigenvalue weighted by Crippen LogP contribution is -2.22. The van der Waals surface area contributed by atoms with Crippen LogP contribution in [0.5, 0.6) is 5.75 Å². The third-order valence-corrected chi connectivity index (χ3v) is 6.14. The molecule has 0 radical (unpaired) electrons. The number of fused-ring (bicyclic) bond motifs is 1. The Balaban J connectivity index is 2.01. The van der Waals surface area contributed by atoms with Crippen LogP contribution in [0.1, 0.15) is 0 Å². The third-order valence-electron chi connectivity index (χ3n) is 4.44. The fourth-order valence-corrected chi connectivity index (χ4v) is 3.71. The van der Waals surface area contributed by atoms with Crippen LogP contribution in [0.25, 0.3) is 22.2 Å². The molecule has 0 aliphatic rings. The van der Waals surface area contributed by atoms with Crippen molar-refractivity contribution < 1.29 is 13.9 Å². The third kappa shape index (κ3) is 4.31. The molecule has 0 amide bonds. The first-order valence-corrected chi connectivity index (χ1v) is 12.7. The monoisotopic (exact) mass is 387 g/mol. The molecule has 0 bridgehead atoms. The van der Waals surface area contributed by atoms with Crippen molar-refractivity contribution in [1.29, 1.82) is 0 Å². The SMILES string of the molecule is COc1cccc(F)c1-c1cn(COCC[Si](C)(C)C)c2nc(N)ccc12. The van der Waals surface area contributed by atoms with Crippen molar-refractivity contribution in [2.45, 2.75) is 32.4 Å². The Bertz CT molecular complexity index is 950. The quantitative estimate of drug-likeness (QED) is 0.470. The maximum atomic E-state index is 14.6. The van der Waals surface area contributed by atoms with E-state index in [-0.39, 0.29) is 5.82 Å². The van der Waals surface area contributed by atoms with Crippen LogP contribution in [0.2, 0.25) is 25.7 Å². The Labute approximate surface area is 159 Å². The molecule has 7 heteroatoms. The largest absolute Gasteiger partial charge is 0.496 e. The summed E-state index contributed by atoms with van der Waals surface area (Å²) in [5, 5.41) is 0.807. The van der Waals surface area contributed by atoms with Gasteiger partial charge in [0.15, 0.2) is 0 Å². The van der Waals surface area contributed by atoms with Gasteiger partial charge in [-0.2, -0.15) is 0 Å². The molecular formula is C20H26FN3O2Si. The van der Waals surface area contributed by atoms with Gasteiger partial charge in [-0.3, -0.25) is 0 Å². The molecule has 0 fully saturated rings. The smallest absolute Gasteiger partial charge is 0.144 e. The van der Waals surface area contributed by atoms with Gasteiger partial charge in [-0.05, 0) is 30.3 Å². The topological polar surface area (TPSA) is 62.3 Å². The van der Waals surface area contributed by atoms with Crippen LogP contribution in [0.15, 0.2) is 36.5 Å². The highest BCUT2D eigenvalue weighted by molar-refractivity contribution is 6.76. The molecule has 3 aromatic rings. The standard InChI is InChI=1S/C20H26FN3O2Si/c1-25-17-7-5-6-16(21)19(17)15-12-24(13-26-10-11-27(2,3)4)20-14(15)8-9-18(22)23-20/h5-9,12H,10-11,13H2,1-4H3,(H2,22,23). The van der Waals surface area contributed by atoms with Crippen LogP contribution < -0.4 is 10.5 Å². The summed E-state index contributed by atoms with van der Waals surface area (Å²) >= 11 is 0. The predicted octanol–water partition coefficient (Wildman–Crippen LogP) is 4.75. The highest BCUT2D eigenvalue weighted by Gasteiger charge is 2.19. The number of nitrogens with zero attached hydrogens (tertiary/aromatic N) is 2. The van der Waals surface area contributed by atoms with Gasteiger partial charge in [0.25, 0.3) is 0 Å². The van der Waals surface area contributed by atoms with E-state index in [2.05, 4.69) is 24.6 Å². The van der Waals surface area contributed by atoms with Crippen LogP contribution in [0.3, 0.4) is 0 Å². The van der Waals surface area contributed by atoms with Crippen LogP contribution >= 0.6 is 0 Å². The molecule has 2 heterocycles. The number of benzene rings is 1. The second-order valence-electron chi connectivity index (χ2n) is 7.78. The Kier molecular flexibility index (Phi) is 5.52. The summed E-state index contributed by atoms with van der Waals surface area (Å²) in [6.07, 6.45) is 1.85. The van der Waals surface area contributed by atoms with Crippen molar-refractivity contribution in [2.75, 3.05) is 19.5 Å². The van der Waals surface area contributed by atoms with Gasteiger partial charge in [0.1, 0.15) is 29.8 Å². The number of anilines is 1. The predicted molar refractivity (Wildman–Crippen MR) is 110 cm³/mol. The average Bonchev–Trinajstić information content (AvgIpc) is 2.95. The Morgan fingerprint density at radius 3 is 2.67 bits per heavy atom. The van der Waals surface area contributed by atoms with Gasteiger partial charge < -0.3 is 19.8 Å². The molecule has 0 saturated carbocycles. The fourth-order valence-electron chi connectivity index (χ4n) is 2.95. The van der Waals surface area contributed by atoms with Gasteiger partial charge in [0.05, 0.1) is 12.7 Å². The molecule has 0 aliphatic heterocycles. The second-order valence-corrected chi connectivity index (χ2v) is 13.4. The van der Waals surface area contributed by atoms with E-state index in [9.17, 15) is 4.39 Å². The lowest BCUT2D eigenvalue weighted by atomic mass is 10.0. The highest BCUT2D eigenvalue weighted by Crippen LogP contribution is 2.38. The first kappa shape index (κ1) is 19.4. The number of ether oxygens (including phenoxy) is 2. The van der Waals surface area contributed by atoms with Crippen molar-refractivity contribution in [3.05, 3.63) is 42.3 Å². The number of methoxy groups -OCH3 is 1. The summed E-state index contributed by atoms with van der Waals surface area (Å²) in [4.78, 5) is 4.44. The number of rotatable bonds is 7. The molecule has 0 unspecified atom stereocenters. The van der Waals surface area contributed by atoms with Gasteiger partial charge in [-0.25, -0.2) is 9.37 Å². The summed E-state index contributed by atoms with van der Waals surface area (Å²) in [5.41, 5.74) is 7.67. The van der Waals surface area contributed by atoms with E-state index in [1.807, 2.05) is 16.8 Å². The first-order chi connectivity index (χ1) is 12.8. The molecule has 0 saturated heterocycles. The number of pyridine rings is 1. The van der Waals surface area contributed by atoms with E-state index >= 15 is 0 Å². The van der Waals surface area contributed by atoms with E-state index in [1.54, 1.807) is 18.2 Å². The Morgan fingerprint density at radius 1 is 1.19 bits per heavy atom. The Hall–Kier alpha value is -2.38. The van der Waals surface area contributed by atoms with Crippen molar-refractivity contribution in [3.63, 3.8) is 0 Å². The normalized spacial score (nSPS) is 11.9. The van der Waals surface area contributed by atoms with Gasteiger partial charge in [0, 0.05) is 31.8 Å². The minimum absolute atomic E-state index is 0.341. The number of aromatic nitrogens is 2. The summed E-state index contributed by atoms with van der Waals surface area (Å²) < 4.78 is 27.7. The summed E-state index contributed by atoms with van der Waals surface area (Å²) in [5.74, 6) is 0.548. The molecule has 0 aliphatic carbocycles. The lowest BCUT2D eigenvalue weighted by Gasteiger charge is -2.15. The van der Waals surface area contributed by atoms with Crippen LogP contribution in [-0.4, -0.2) is 31.3 Å². The van der Waals surface area contributed by atoms with Crippen molar-refractivity contribution >= 4 is 24.9 Å². The van der Waals surface area contributed by atoms with E-state index < -0.39 is 8.07 Å². The first-order valence-electron chi connectivity index (χ1n) is 8.96. The number of halogens is 1. The maximum Gasteiger partial charge on any atom is 0.144 e. The zero-order valence-corrected chi connectivity index (χ0v) is 17.3. The molecule has 3 rings (SSSR count). The molecule has 5 nitrogen and oxygen atoms in total. The van der Waals surface area contributed by atoms with Crippen LogP contribution in [0, 0.1) is 5.82 Å². The molecule has 1 aromatic carbocycles. The highest BCUT2D eigenvalue weighted by atomic mass is 28.3. The minimum Gasteiger partial charge on any atom is -0.496 e. The van der Waals surface area contributed by atoms with Gasteiger partial charge in [-0.15, -0.1) is 0 Å². The molecule has 144 valence electrons. The van der Waals surface area contributed by atoms with Crippen molar-refractivity contribution in [2.24, 2.45) is 0 Å². The summed E-state index contributed by atoms with van der Waals surface area (Å²) in [6, 6.07) is 9.46. The van der Waals surface area contributed by atoms with Gasteiger partial charge >= 0.3 is 0 Å². The van der Waals surface area contributed by atoms with Crippen molar-refractivity contribution in [1.82, 2.24) is 9.55 Å². The molecule has 2 N–H and O–H groups in total. The Morgan fingerprint density at radius 2 is 1.96 bits per heavy atom. The zero-order chi connectivity index (χ0) is 19.6. The van der Waals surface area contributed by atoms with Gasteiger partial charge in [0.2, 0.25) is 0 Å². The molecular weight excluding hydrogens is 361 g/mol. The number of hydrogen-bond donors (Lipinski definition) is 1. The van der Waals surface area contributed by atoms with E-state index in [1.165, 1.54) is 13.2 Å². The van der Waals surface area contributed by atoms with Crippen LogP contribution in [-0.2, 0) is 11.5 Å². The molecule has 2 aromatic heterocycles.